The third-order valence-electron chi connectivity index (χ3n) is 4.15. The highest BCUT2D eigenvalue weighted by Gasteiger charge is 2.34. The number of anilines is 1. The lowest BCUT2D eigenvalue weighted by atomic mass is 10.2. The van der Waals surface area contributed by atoms with E-state index in [9.17, 15) is 13.2 Å². The molecule has 0 aliphatic carbocycles. The topological polar surface area (TPSA) is 42.9 Å². The van der Waals surface area contributed by atoms with Crippen molar-refractivity contribution in [2.45, 2.75) is 25.2 Å². The third-order valence-corrected chi connectivity index (χ3v) is 4.15. The minimum atomic E-state index is -4.15. The molecule has 0 aromatic heterocycles. The maximum absolute atomic E-state index is 12.4. The molecule has 148 valence electrons. The Morgan fingerprint density at radius 1 is 1.27 bits per heavy atom. The van der Waals surface area contributed by atoms with Gasteiger partial charge in [-0.15, -0.1) is 24.0 Å². The summed E-state index contributed by atoms with van der Waals surface area (Å²) in [6, 6.07) is 8.13. The number of alkyl halides is 3. The summed E-state index contributed by atoms with van der Waals surface area (Å²) in [6.07, 6.45) is -3.47. The molecule has 1 heterocycles. The summed E-state index contributed by atoms with van der Waals surface area (Å²) in [6.45, 7) is 0.569. The average molecular weight is 485 g/mol. The van der Waals surface area contributed by atoms with Crippen molar-refractivity contribution >= 4 is 35.6 Å². The van der Waals surface area contributed by atoms with E-state index in [0.717, 1.165) is 11.3 Å². The van der Waals surface area contributed by atoms with Gasteiger partial charge in [-0.1, -0.05) is 12.1 Å². The SMILES string of the molecule is CN=C(NCc1ccc(N(C)C)cc1)NC1CCN(CC(F)(F)F)C1.I. The normalized spacial score (nSPS) is 18.4. The van der Waals surface area contributed by atoms with E-state index in [1.54, 1.807) is 7.05 Å². The zero-order valence-corrected chi connectivity index (χ0v) is 17.6. The first kappa shape index (κ1) is 22.8. The number of hydrogen-bond donors (Lipinski definition) is 2. The minimum Gasteiger partial charge on any atom is -0.378 e. The number of benzene rings is 1. The molecule has 1 aromatic rings. The smallest absolute Gasteiger partial charge is 0.378 e. The Bertz CT molecular complexity index is 575. The van der Waals surface area contributed by atoms with E-state index in [0.29, 0.717) is 32.0 Å². The fraction of sp³-hybridized carbons (Fsp3) is 0.588. The van der Waals surface area contributed by atoms with Crippen LogP contribution in [0.4, 0.5) is 18.9 Å². The van der Waals surface area contributed by atoms with Crippen LogP contribution in [0.15, 0.2) is 29.3 Å². The summed E-state index contributed by atoms with van der Waals surface area (Å²) in [5, 5.41) is 6.41. The largest absolute Gasteiger partial charge is 0.401 e. The molecule has 26 heavy (non-hydrogen) atoms. The zero-order chi connectivity index (χ0) is 18.4. The van der Waals surface area contributed by atoms with Gasteiger partial charge in [0.15, 0.2) is 5.96 Å². The van der Waals surface area contributed by atoms with Crippen LogP contribution in [0.5, 0.6) is 0 Å². The van der Waals surface area contributed by atoms with Crippen molar-refractivity contribution in [1.82, 2.24) is 15.5 Å². The molecule has 9 heteroatoms. The van der Waals surface area contributed by atoms with Crippen LogP contribution >= 0.6 is 24.0 Å². The first-order chi connectivity index (χ1) is 11.8. The standard InChI is InChI=1S/C17H26F3N5.HI/c1-21-16(22-10-13-4-6-15(7-5-13)24(2)3)23-14-8-9-25(11-14)12-17(18,19)20;/h4-7,14H,8-12H2,1-3H3,(H2,21,22,23);1H. The van der Waals surface area contributed by atoms with Gasteiger partial charge in [0.1, 0.15) is 0 Å². The van der Waals surface area contributed by atoms with E-state index in [1.165, 1.54) is 4.90 Å². The van der Waals surface area contributed by atoms with Crippen molar-refractivity contribution in [1.29, 1.82) is 0 Å². The highest BCUT2D eigenvalue weighted by atomic mass is 127. The Balaban J connectivity index is 0.00000338. The summed E-state index contributed by atoms with van der Waals surface area (Å²) < 4.78 is 37.3. The van der Waals surface area contributed by atoms with E-state index in [-0.39, 0.29) is 30.0 Å². The van der Waals surface area contributed by atoms with Crippen LogP contribution in [0.2, 0.25) is 0 Å². The van der Waals surface area contributed by atoms with Crippen molar-refractivity contribution in [3.8, 4) is 0 Å². The lowest BCUT2D eigenvalue weighted by Gasteiger charge is -2.20. The lowest BCUT2D eigenvalue weighted by molar-refractivity contribution is -0.143. The van der Waals surface area contributed by atoms with E-state index in [1.807, 2.05) is 43.3 Å². The maximum atomic E-state index is 12.4. The highest BCUT2D eigenvalue weighted by molar-refractivity contribution is 14.0. The van der Waals surface area contributed by atoms with E-state index < -0.39 is 12.7 Å². The predicted molar refractivity (Wildman–Crippen MR) is 110 cm³/mol. The van der Waals surface area contributed by atoms with Gasteiger partial charge in [-0.2, -0.15) is 13.2 Å². The monoisotopic (exact) mass is 485 g/mol. The maximum Gasteiger partial charge on any atom is 0.401 e. The second kappa shape index (κ2) is 10.2. The second-order valence-electron chi connectivity index (χ2n) is 6.47. The van der Waals surface area contributed by atoms with Gasteiger partial charge in [0, 0.05) is 52.5 Å². The van der Waals surface area contributed by atoms with Crippen molar-refractivity contribution in [2.75, 3.05) is 45.7 Å². The molecular formula is C17H27F3IN5. The number of hydrogen-bond acceptors (Lipinski definition) is 3. The molecule has 0 amide bonds. The number of rotatable bonds is 5. The van der Waals surface area contributed by atoms with Crippen molar-refractivity contribution < 1.29 is 13.2 Å². The highest BCUT2D eigenvalue weighted by Crippen LogP contribution is 2.20. The molecule has 1 atom stereocenters. The van der Waals surface area contributed by atoms with E-state index in [4.69, 9.17) is 0 Å². The molecule has 0 bridgehead atoms. The second-order valence-corrected chi connectivity index (χ2v) is 6.47. The molecule has 0 saturated carbocycles. The van der Waals surface area contributed by atoms with Gasteiger partial charge in [-0.3, -0.25) is 9.89 Å². The Morgan fingerprint density at radius 2 is 1.92 bits per heavy atom. The van der Waals surface area contributed by atoms with Gasteiger partial charge in [0.25, 0.3) is 0 Å². The fourth-order valence-corrected chi connectivity index (χ4v) is 2.83. The van der Waals surface area contributed by atoms with Gasteiger partial charge in [-0.05, 0) is 24.1 Å². The van der Waals surface area contributed by atoms with Crippen LogP contribution in [-0.2, 0) is 6.54 Å². The van der Waals surface area contributed by atoms with Gasteiger partial charge >= 0.3 is 6.18 Å². The molecule has 5 nitrogen and oxygen atoms in total. The van der Waals surface area contributed by atoms with Gasteiger partial charge in [-0.25, -0.2) is 0 Å². The van der Waals surface area contributed by atoms with Crippen LogP contribution < -0.4 is 15.5 Å². The molecule has 1 fully saturated rings. The molecule has 2 N–H and O–H groups in total. The van der Waals surface area contributed by atoms with Crippen molar-refractivity contribution in [2.24, 2.45) is 4.99 Å². The Kier molecular flexibility index (Phi) is 8.94. The fourth-order valence-electron chi connectivity index (χ4n) is 2.83. The Hall–Kier alpha value is -1.23. The molecule has 1 aliphatic rings. The first-order valence-electron chi connectivity index (χ1n) is 8.29. The van der Waals surface area contributed by atoms with Crippen LogP contribution in [-0.4, -0.2) is 63.9 Å². The quantitative estimate of drug-likeness (QED) is 0.383. The van der Waals surface area contributed by atoms with Gasteiger partial charge in [0.2, 0.25) is 0 Å². The van der Waals surface area contributed by atoms with E-state index in [2.05, 4.69) is 15.6 Å². The zero-order valence-electron chi connectivity index (χ0n) is 15.3. The average Bonchev–Trinajstić information content (AvgIpc) is 2.96. The molecule has 1 saturated heterocycles. The van der Waals surface area contributed by atoms with Crippen LogP contribution in [0, 0.1) is 0 Å². The number of nitrogens with one attached hydrogen (secondary N) is 2. The Labute approximate surface area is 170 Å². The molecule has 2 rings (SSSR count). The van der Waals surface area contributed by atoms with Gasteiger partial charge < -0.3 is 15.5 Å². The van der Waals surface area contributed by atoms with Crippen LogP contribution in [0.3, 0.4) is 0 Å². The van der Waals surface area contributed by atoms with Gasteiger partial charge in [0.05, 0.1) is 6.54 Å². The molecule has 0 radical (unpaired) electrons. The predicted octanol–water partition coefficient (Wildman–Crippen LogP) is 2.67. The molecule has 1 aliphatic heterocycles. The van der Waals surface area contributed by atoms with Crippen LogP contribution in [0.1, 0.15) is 12.0 Å². The first-order valence-corrected chi connectivity index (χ1v) is 8.29. The van der Waals surface area contributed by atoms with Crippen molar-refractivity contribution in [3.63, 3.8) is 0 Å². The van der Waals surface area contributed by atoms with Crippen LogP contribution in [0.25, 0.3) is 0 Å². The lowest BCUT2D eigenvalue weighted by Crippen LogP contribution is -2.44. The Morgan fingerprint density at radius 3 is 2.46 bits per heavy atom. The van der Waals surface area contributed by atoms with E-state index >= 15 is 0 Å². The summed E-state index contributed by atoms with van der Waals surface area (Å²) in [4.78, 5) is 7.61. The summed E-state index contributed by atoms with van der Waals surface area (Å²) in [7, 11) is 5.64. The molecule has 1 unspecified atom stereocenters. The summed E-state index contributed by atoms with van der Waals surface area (Å²) in [5.41, 5.74) is 2.24. The number of halogens is 4. The molecular weight excluding hydrogens is 458 g/mol. The molecule has 0 spiro atoms. The number of nitrogens with zero attached hydrogens (tertiary/aromatic N) is 3. The number of aliphatic imine (C=N–C) groups is 1. The minimum absolute atomic E-state index is 0. The summed E-state index contributed by atoms with van der Waals surface area (Å²) >= 11 is 0. The summed E-state index contributed by atoms with van der Waals surface area (Å²) in [5.74, 6) is 0.607. The number of guanidine groups is 1. The van der Waals surface area contributed by atoms with Crippen molar-refractivity contribution in [3.05, 3.63) is 29.8 Å². The third kappa shape index (κ3) is 7.56. The number of likely N-dealkylation sites (tertiary alicyclic amines) is 1. The molecule has 1 aromatic carbocycles.